The van der Waals surface area contributed by atoms with Crippen LogP contribution < -0.4 is 5.32 Å². The molecule has 25 heavy (non-hydrogen) atoms. The highest BCUT2D eigenvalue weighted by atomic mass is 16.5. The molecule has 0 spiro atoms. The summed E-state index contributed by atoms with van der Waals surface area (Å²) >= 11 is 0. The Morgan fingerprint density at radius 2 is 2.16 bits per heavy atom. The van der Waals surface area contributed by atoms with Gasteiger partial charge in [0.2, 0.25) is 0 Å². The van der Waals surface area contributed by atoms with Crippen LogP contribution in [-0.4, -0.2) is 72.2 Å². The van der Waals surface area contributed by atoms with E-state index in [-0.39, 0.29) is 5.91 Å². The number of amides is 1. The zero-order valence-electron chi connectivity index (χ0n) is 15.4. The number of morpholine rings is 1. The van der Waals surface area contributed by atoms with E-state index in [0.29, 0.717) is 23.5 Å². The predicted octanol–water partition coefficient (Wildman–Crippen LogP) is 2.23. The van der Waals surface area contributed by atoms with Gasteiger partial charge in [-0.05, 0) is 45.2 Å². The van der Waals surface area contributed by atoms with Gasteiger partial charge in [0.1, 0.15) is 5.82 Å². The number of pyridine rings is 1. The van der Waals surface area contributed by atoms with E-state index < -0.39 is 0 Å². The first kappa shape index (κ1) is 18.1. The Balaban J connectivity index is 1.63. The molecule has 1 N–H and O–H groups in total. The summed E-state index contributed by atoms with van der Waals surface area (Å²) in [6.07, 6.45) is 5.16. The zero-order valence-corrected chi connectivity index (χ0v) is 15.4. The summed E-state index contributed by atoms with van der Waals surface area (Å²) in [4.78, 5) is 21.7. The standard InChI is InChI=1S/C19H30N4O2/c1-15(23-11-12-25-14-16(23)2)13-21-18-17(7-6-8-20-18)19(24)22-9-4-3-5-10-22/h6-8,15-16H,3-5,9-14H2,1-2H3,(H,20,21)/t15-,16-/m0/s1. The number of carbonyl (C=O) groups excluding carboxylic acids is 1. The molecule has 6 nitrogen and oxygen atoms in total. The van der Waals surface area contributed by atoms with Gasteiger partial charge in [0.05, 0.1) is 18.8 Å². The number of nitrogens with one attached hydrogen (secondary N) is 1. The van der Waals surface area contributed by atoms with Gasteiger partial charge in [-0.15, -0.1) is 0 Å². The number of piperidine rings is 1. The summed E-state index contributed by atoms with van der Waals surface area (Å²) in [5.74, 6) is 0.800. The van der Waals surface area contributed by atoms with Crippen LogP contribution in [0.4, 0.5) is 5.82 Å². The molecule has 0 bridgehead atoms. The molecule has 0 unspecified atom stereocenters. The third-order valence-corrected chi connectivity index (χ3v) is 5.23. The number of likely N-dealkylation sites (tertiary alicyclic amines) is 1. The number of rotatable bonds is 5. The van der Waals surface area contributed by atoms with E-state index in [9.17, 15) is 4.79 Å². The number of aromatic nitrogens is 1. The molecule has 1 aromatic rings. The molecule has 3 rings (SSSR count). The molecule has 2 aliphatic rings. The molecule has 3 heterocycles. The van der Waals surface area contributed by atoms with Crippen molar-refractivity contribution < 1.29 is 9.53 Å². The first-order valence-corrected chi connectivity index (χ1v) is 9.48. The van der Waals surface area contributed by atoms with E-state index in [0.717, 1.165) is 52.2 Å². The SMILES string of the molecule is C[C@@H](CNc1ncccc1C(=O)N1CCCCC1)N1CCOC[C@@H]1C. The summed E-state index contributed by atoms with van der Waals surface area (Å²) in [6.45, 7) is 9.41. The Hall–Kier alpha value is -1.66. The van der Waals surface area contributed by atoms with Gasteiger partial charge in [-0.3, -0.25) is 9.69 Å². The van der Waals surface area contributed by atoms with Gasteiger partial charge in [0.25, 0.3) is 5.91 Å². The molecule has 2 aliphatic heterocycles. The lowest BCUT2D eigenvalue weighted by Gasteiger charge is -2.38. The number of anilines is 1. The smallest absolute Gasteiger partial charge is 0.257 e. The van der Waals surface area contributed by atoms with Gasteiger partial charge < -0.3 is 15.0 Å². The Bertz CT molecular complexity index is 574. The summed E-state index contributed by atoms with van der Waals surface area (Å²) < 4.78 is 5.52. The minimum absolute atomic E-state index is 0.0997. The van der Waals surface area contributed by atoms with Crippen molar-refractivity contribution >= 4 is 11.7 Å². The number of hydrogen-bond acceptors (Lipinski definition) is 5. The van der Waals surface area contributed by atoms with Crippen LogP contribution in [0.2, 0.25) is 0 Å². The van der Waals surface area contributed by atoms with E-state index in [4.69, 9.17) is 4.74 Å². The van der Waals surface area contributed by atoms with Crippen LogP contribution in [-0.2, 0) is 4.74 Å². The topological polar surface area (TPSA) is 57.7 Å². The maximum atomic E-state index is 12.8. The van der Waals surface area contributed by atoms with E-state index in [2.05, 4.69) is 29.0 Å². The second-order valence-corrected chi connectivity index (χ2v) is 7.14. The molecule has 1 aromatic heterocycles. The maximum Gasteiger partial charge on any atom is 0.257 e. The second kappa shape index (κ2) is 8.63. The van der Waals surface area contributed by atoms with Crippen molar-refractivity contribution in [3.63, 3.8) is 0 Å². The molecule has 1 amide bonds. The number of carbonyl (C=O) groups is 1. The van der Waals surface area contributed by atoms with Crippen LogP contribution in [0.25, 0.3) is 0 Å². The normalized spacial score (nSPS) is 23.3. The van der Waals surface area contributed by atoms with E-state index >= 15 is 0 Å². The third-order valence-electron chi connectivity index (χ3n) is 5.23. The van der Waals surface area contributed by atoms with Gasteiger partial charge in [0.15, 0.2) is 0 Å². The van der Waals surface area contributed by atoms with Gasteiger partial charge >= 0.3 is 0 Å². The highest BCUT2D eigenvalue weighted by Crippen LogP contribution is 2.19. The second-order valence-electron chi connectivity index (χ2n) is 7.14. The number of hydrogen-bond donors (Lipinski definition) is 1. The summed E-state index contributed by atoms with van der Waals surface area (Å²) in [5.41, 5.74) is 0.687. The Morgan fingerprint density at radius 1 is 1.36 bits per heavy atom. The Kier molecular flexibility index (Phi) is 6.26. The van der Waals surface area contributed by atoms with Crippen molar-refractivity contribution in [3.05, 3.63) is 23.9 Å². The monoisotopic (exact) mass is 346 g/mol. The molecule has 0 aliphatic carbocycles. The van der Waals surface area contributed by atoms with Crippen LogP contribution in [0.15, 0.2) is 18.3 Å². The highest BCUT2D eigenvalue weighted by Gasteiger charge is 2.25. The molecule has 2 fully saturated rings. The van der Waals surface area contributed by atoms with Crippen LogP contribution in [0.5, 0.6) is 0 Å². The predicted molar refractivity (Wildman–Crippen MR) is 98.9 cm³/mol. The minimum atomic E-state index is 0.0997. The van der Waals surface area contributed by atoms with Gasteiger partial charge in [-0.25, -0.2) is 4.98 Å². The van der Waals surface area contributed by atoms with Crippen LogP contribution in [0.3, 0.4) is 0 Å². The Labute approximate surface area is 150 Å². The lowest BCUT2D eigenvalue weighted by molar-refractivity contribution is -0.0159. The number of nitrogens with zero attached hydrogens (tertiary/aromatic N) is 3. The molecule has 0 aromatic carbocycles. The largest absolute Gasteiger partial charge is 0.379 e. The zero-order chi connectivity index (χ0) is 17.6. The quantitative estimate of drug-likeness (QED) is 0.886. The van der Waals surface area contributed by atoms with Crippen molar-refractivity contribution in [2.24, 2.45) is 0 Å². The lowest BCUT2D eigenvalue weighted by atomic mass is 10.1. The maximum absolute atomic E-state index is 12.8. The fourth-order valence-corrected chi connectivity index (χ4v) is 3.74. The average molecular weight is 346 g/mol. The van der Waals surface area contributed by atoms with E-state index in [1.165, 1.54) is 6.42 Å². The first-order chi connectivity index (χ1) is 12.2. The van der Waals surface area contributed by atoms with Gasteiger partial charge in [-0.2, -0.15) is 0 Å². The summed E-state index contributed by atoms with van der Waals surface area (Å²) in [7, 11) is 0. The van der Waals surface area contributed by atoms with Crippen molar-refractivity contribution in [1.82, 2.24) is 14.8 Å². The van der Waals surface area contributed by atoms with Crippen molar-refractivity contribution in [2.45, 2.75) is 45.2 Å². The highest BCUT2D eigenvalue weighted by molar-refractivity contribution is 5.98. The van der Waals surface area contributed by atoms with E-state index in [1.807, 2.05) is 17.0 Å². The summed E-state index contributed by atoms with van der Waals surface area (Å²) in [6, 6.07) is 4.51. The average Bonchev–Trinajstić information content (AvgIpc) is 2.67. The fourth-order valence-electron chi connectivity index (χ4n) is 3.74. The van der Waals surface area contributed by atoms with E-state index in [1.54, 1.807) is 6.20 Å². The molecule has 6 heteroatoms. The first-order valence-electron chi connectivity index (χ1n) is 9.48. The number of ether oxygens (including phenoxy) is 1. The van der Waals surface area contributed by atoms with Crippen molar-refractivity contribution in [1.29, 1.82) is 0 Å². The fraction of sp³-hybridized carbons (Fsp3) is 0.684. The summed E-state index contributed by atoms with van der Waals surface area (Å²) in [5, 5.41) is 3.41. The molecule has 2 atom stereocenters. The Morgan fingerprint density at radius 3 is 2.92 bits per heavy atom. The molecule has 0 saturated carbocycles. The van der Waals surface area contributed by atoms with Crippen LogP contribution >= 0.6 is 0 Å². The van der Waals surface area contributed by atoms with Gasteiger partial charge in [-0.1, -0.05) is 0 Å². The van der Waals surface area contributed by atoms with Crippen LogP contribution in [0.1, 0.15) is 43.5 Å². The molecule has 138 valence electrons. The van der Waals surface area contributed by atoms with Gasteiger partial charge in [0, 0.05) is 44.5 Å². The molecular formula is C19H30N4O2. The van der Waals surface area contributed by atoms with Crippen LogP contribution in [0, 0.1) is 0 Å². The molecule has 2 saturated heterocycles. The molecular weight excluding hydrogens is 316 g/mol. The lowest BCUT2D eigenvalue weighted by Crippen LogP contribution is -2.50. The third kappa shape index (κ3) is 4.50. The minimum Gasteiger partial charge on any atom is -0.379 e. The molecule has 0 radical (unpaired) electrons. The van der Waals surface area contributed by atoms with Crippen molar-refractivity contribution in [3.8, 4) is 0 Å². The van der Waals surface area contributed by atoms with Crippen molar-refractivity contribution in [2.75, 3.05) is 44.7 Å².